The fourth-order valence-electron chi connectivity index (χ4n) is 4.79. The van der Waals surface area contributed by atoms with E-state index in [2.05, 4.69) is 20.0 Å². The van der Waals surface area contributed by atoms with Crippen LogP contribution in [0.2, 0.25) is 0 Å². The van der Waals surface area contributed by atoms with Crippen molar-refractivity contribution in [2.45, 2.75) is 63.4 Å². The maximum Gasteiger partial charge on any atom is 0.323 e. The van der Waals surface area contributed by atoms with E-state index in [1.807, 2.05) is 12.1 Å². The van der Waals surface area contributed by atoms with Crippen LogP contribution in [0.4, 0.5) is 19.1 Å². The number of halogens is 3. The Morgan fingerprint density at radius 1 is 1.27 bits per heavy atom. The average molecular weight is 671 g/mol. The smallest absolute Gasteiger partial charge is 0.323 e. The predicted molar refractivity (Wildman–Crippen MR) is 161 cm³/mol. The molecule has 1 fully saturated rings. The van der Waals surface area contributed by atoms with E-state index in [0.717, 1.165) is 16.3 Å². The summed E-state index contributed by atoms with van der Waals surface area (Å²) in [5.41, 5.74) is 1.35. The van der Waals surface area contributed by atoms with Crippen LogP contribution in [-0.4, -0.2) is 73.6 Å². The number of nitrogen functional groups attached to an aromatic ring is 1. The molecular weight excluding hydrogens is 640 g/mol. The molecule has 1 aliphatic rings. The molecule has 1 saturated heterocycles. The van der Waals surface area contributed by atoms with Gasteiger partial charge in [-0.2, -0.15) is 4.98 Å². The number of aliphatic hydroxyl groups is 1. The van der Waals surface area contributed by atoms with E-state index in [1.54, 1.807) is 44.2 Å². The maximum atomic E-state index is 15.6. The van der Waals surface area contributed by atoms with Crippen molar-refractivity contribution >= 4 is 52.3 Å². The minimum atomic E-state index is -3.97. The molecule has 5 N–H and O–H groups in total. The second-order valence-electron chi connectivity index (χ2n) is 10.6. The van der Waals surface area contributed by atoms with Crippen molar-refractivity contribution in [2.24, 2.45) is 0 Å². The van der Waals surface area contributed by atoms with Crippen LogP contribution in [0.1, 0.15) is 27.0 Å². The molecule has 18 heteroatoms. The Kier molecular flexibility index (Phi) is 9.22. The molecule has 5 rings (SSSR count). The van der Waals surface area contributed by atoms with Crippen molar-refractivity contribution in [3.8, 4) is 5.75 Å². The highest BCUT2D eigenvalue weighted by atomic mass is 32.5. The molecule has 0 amide bonds. The van der Waals surface area contributed by atoms with Gasteiger partial charge in [0.05, 0.1) is 19.0 Å². The molecule has 2 aromatic heterocycles. The van der Waals surface area contributed by atoms with Gasteiger partial charge >= 0.3 is 12.6 Å². The van der Waals surface area contributed by atoms with Crippen molar-refractivity contribution in [1.29, 1.82) is 0 Å². The van der Waals surface area contributed by atoms with E-state index < -0.39 is 67.5 Å². The lowest BCUT2D eigenvalue weighted by Gasteiger charge is -2.34. The first-order valence-corrected chi connectivity index (χ1v) is 16.3. The van der Waals surface area contributed by atoms with E-state index >= 15 is 4.39 Å². The fraction of sp³-hybridized carbons (Fsp3) is 0.407. The van der Waals surface area contributed by atoms with Crippen molar-refractivity contribution < 1.29 is 41.6 Å². The lowest BCUT2D eigenvalue weighted by atomic mass is 9.97. The minimum Gasteiger partial charge on any atom is -0.462 e. The van der Waals surface area contributed by atoms with Crippen molar-refractivity contribution in [3.05, 3.63) is 59.1 Å². The molecule has 242 valence electrons. The molecule has 6 atom stereocenters. The summed E-state index contributed by atoms with van der Waals surface area (Å²) < 4.78 is 68.8. The third-order valence-corrected chi connectivity index (χ3v) is 9.46. The van der Waals surface area contributed by atoms with Crippen LogP contribution in [0.15, 0.2) is 53.6 Å². The van der Waals surface area contributed by atoms with Crippen LogP contribution in [0.5, 0.6) is 5.75 Å². The molecule has 13 nitrogen and oxygen atoms in total. The first-order chi connectivity index (χ1) is 21.2. The van der Waals surface area contributed by atoms with Gasteiger partial charge in [0.15, 0.2) is 29.2 Å². The SMILES string of the molecule is CC(C)OC(=O)[C@H](C)NP(=S)(OC[C@@]1(C(F)F)O[C@@H](n2cnc3c(=O)[nH]c(N)nc32)[C@H](F)[C@@H]1O)Oc1cccc2ccccc12. The number of ether oxygens (including phenoxy) is 2. The Morgan fingerprint density at radius 2 is 1.98 bits per heavy atom. The zero-order valence-electron chi connectivity index (χ0n) is 24.1. The van der Waals surface area contributed by atoms with Gasteiger partial charge in [-0.3, -0.25) is 19.1 Å². The summed E-state index contributed by atoms with van der Waals surface area (Å²) in [4.78, 5) is 34.8. The lowest BCUT2D eigenvalue weighted by molar-refractivity contribution is -0.191. The number of hydrogen-bond donors (Lipinski definition) is 4. The zero-order valence-corrected chi connectivity index (χ0v) is 25.8. The molecule has 2 aromatic carbocycles. The molecule has 0 spiro atoms. The van der Waals surface area contributed by atoms with Gasteiger partial charge in [-0.25, -0.2) is 23.2 Å². The van der Waals surface area contributed by atoms with Crippen LogP contribution in [0.3, 0.4) is 0 Å². The van der Waals surface area contributed by atoms with Gasteiger partial charge in [0.2, 0.25) is 5.95 Å². The van der Waals surface area contributed by atoms with E-state index in [-0.39, 0.29) is 22.9 Å². The number of nitrogens with two attached hydrogens (primary N) is 1. The number of H-pyrrole nitrogens is 1. The molecule has 1 aliphatic heterocycles. The molecule has 0 saturated carbocycles. The molecule has 0 bridgehead atoms. The quantitative estimate of drug-likeness (QED) is 0.136. The minimum absolute atomic E-state index is 0.215. The highest BCUT2D eigenvalue weighted by Gasteiger charge is 2.62. The molecule has 4 aromatic rings. The summed E-state index contributed by atoms with van der Waals surface area (Å²) in [5, 5.41) is 15.0. The highest BCUT2D eigenvalue weighted by molar-refractivity contribution is 8.09. The largest absolute Gasteiger partial charge is 0.462 e. The van der Waals surface area contributed by atoms with Gasteiger partial charge in [-0.1, -0.05) is 36.4 Å². The summed E-state index contributed by atoms with van der Waals surface area (Å²) in [7, 11) is 0. The number of hydrogen-bond acceptors (Lipinski definition) is 11. The van der Waals surface area contributed by atoms with Crippen LogP contribution >= 0.6 is 6.64 Å². The number of alkyl halides is 3. The summed E-state index contributed by atoms with van der Waals surface area (Å²) in [6.45, 7) is -0.441. The van der Waals surface area contributed by atoms with Crippen molar-refractivity contribution in [1.82, 2.24) is 24.6 Å². The van der Waals surface area contributed by atoms with Crippen LogP contribution in [-0.2, 0) is 30.6 Å². The van der Waals surface area contributed by atoms with E-state index in [1.165, 1.54) is 6.92 Å². The van der Waals surface area contributed by atoms with Crippen molar-refractivity contribution in [3.63, 3.8) is 0 Å². The summed E-state index contributed by atoms with van der Waals surface area (Å²) in [6, 6.07) is 11.1. The predicted octanol–water partition coefficient (Wildman–Crippen LogP) is 3.34. The number of aromatic amines is 1. The standard InChI is InChI=1S/C27H30F3N6O7PS/c1-13(2)41-24(39)14(3)35-44(45,43-17-10-6-8-15-7-4-5-9-16(15)17)40-11-27(25(29)30)20(37)18(28)23(42-27)36-12-32-19-21(36)33-26(31)34-22(19)38/h4-10,12-14,18,20,23,25,37H,11H2,1-3H3,(H,35,45)(H3,31,33,34,38)/t14-,18+,20-,23+,27+,44?/m0/s1. The number of anilines is 1. The van der Waals surface area contributed by atoms with Crippen LogP contribution < -0.4 is 20.9 Å². The monoisotopic (exact) mass is 670 g/mol. The molecule has 0 aliphatic carbocycles. The number of nitrogens with one attached hydrogen (secondary N) is 2. The summed E-state index contributed by atoms with van der Waals surface area (Å²) >= 11 is 5.69. The first-order valence-electron chi connectivity index (χ1n) is 13.7. The van der Waals surface area contributed by atoms with Gasteiger partial charge in [-0.05, 0) is 44.0 Å². The number of carbonyl (C=O) groups excluding carboxylic acids is 1. The second kappa shape index (κ2) is 12.7. The second-order valence-corrected chi connectivity index (χ2v) is 13.7. The van der Waals surface area contributed by atoms with Gasteiger partial charge in [0.25, 0.3) is 12.0 Å². The highest BCUT2D eigenvalue weighted by Crippen LogP contribution is 2.51. The van der Waals surface area contributed by atoms with Crippen LogP contribution in [0.25, 0.3) is 21.9 Å². The van der Waals surface area contributed by atoms with Crippen LogP contribution in [0, 0.1) is 0 Å². The topological polar surface area (TPSA) is 176 Å². The molecule has 0 radical (unpaired) electrons. The number of aliphatic hydroxyl groups excluding tert-OH is 1. The molecular formula is C27H30F3N6O7PS. The lowest BCUT2D eigenvalue weighted by Crippen LogP contribution is -2.52. The number of imidazole rings is 1. The Labute approximate surface area is 259 Å². The number of esters is 1. The number of rotatable bonds is 11. The number of nitrogens with zero attached hydrogens (tertiary/aromatic N) is 3. The number of fused-ring (bicyclic) bond motifs is 2. The fourth-order valence-corrected chi connectivity index (χ4v) is 7.22. The maximum absolute atomic E-state index is 15.6. The van der Waals surface area contributed by atoms with E-state index in [9.17, 15) is 23.5 Å². The van der Waals surface area contributed by atoms with Gasteiger partial charge in [-0.15, -0.1) is 0 Å². The number of benzene rings is 2. The van der Waals surface area contributed by atoms with Gasteiger partial charge < -0.3 is 29.4 Å². The van der Waals surface area contributed by atoms with Crippen molar-refractivity contribution in [2.75, 3.05) is 12.3 Å². The zero-order chi connectivity index (χ0) is 32.7. The Morgan fingerprint density at radius 3 is 2.69 bits per heavy atom. The normalized spacial score (nSPS) is 23.9. The summed E-state index contributed by atoms with van der Waals surface area (Å²) in [6.07, 6.45) is -9.87. The molecule has 1 unspecified atom stereocenters. The Balaban J connectivity index is 1.48. The van der Waals surface area contributed by atoms with E-state index in [4.69, 9.17) is 36.1 Å². The number of aromatic nitrogens is 4. The first kappa shape index (κ1) is 32.8. The van der Waals surface area contributed by atoms with E-state index in [0.29, 0.717) is 5.39 Å². The molecule has 45 heavy (non-hydrogen) atoms. The van der Waals surface area contributed by atoms with Gasteiger partial charge in [0.1, 0.15) is 17.9 Å². The molecule has 3 heterocycles. The Bertz CT molecular complexity index is 1820. The average Bonchev–Trinajstić information content (AvgIpc) is 3.51. The van der Waals surface area contributed by atoms with Gasteiger partial charge in [0, 0.05) is 5.39 Å². The Hall–Kier alpha value is -3.60. The summed E-state index contributed by atoms with van der Waals surface area (Å²) in [5.74, 6) is -0.843. The third-order valence-electron chi connectivity index (χ3n) is 6.99. The number of carbonyl (C=O) groups is 1. The third kappa shape index (κ3) is 6.41.